The van der Waals surface area contributed by atoms with E-state index in [0.29, 0.717) is 6.61 Å². The zero-order chi connectivity index (χ0) is 8.77. The Morgan fingerprint density at radius 3 is 3.08 bits per heavy atom. The molecule has 1 aromatic heterocycles. The highest BCUT2D eigenvalue weighted by Crippen LogP contribution is 2.23. The van der Waals surface area contributed by atoms with E-state index in [2.05, 4.69) is 25.9 Å². The normalized spacial score (nSPS) is 20.6. The fraction of sp³-hybridized carbons (Fsp3) is 0.667. The van der Waals surface area contributed by atoms with Crippen molar-refractivity contribution in [3.8, 4) is 0 Å². The fourth-order valence-electron chi connectivity index (χ4n) is 1.50. The van der Waals surface area contributed by atoms with Gasteiger partial charge in [-0.2, -0.15) is 5.10 Å². The molecule has 0 radical (unpaired) electrons. The molecule has 12 heavy (non-hydrogen) atoms. The van der Waals surface area contributed by atoms with Gasteiger partial charge in [-0.05, 0) is 26.3 Å². The smallest absolute Gasteiger partial charge is 0.0895 e. The molecule has 0 aromatic carbocycles. The Morgan fingerprint density at radius 1 is 1.58 bits per heavy atom. The first-order valence-corrected chi connectivity index (χ1v) is 4.24. The van der Waals surface area contributed by atoms with E-state index < -0.39 is 0 Å². The minimum absolute atomic E-state index is 0.0640. The molecular weight excluding hydrogens is 152 g/mol. The van der Waals surface area contributed by atoms with Gasteiger partial charge >= 0.3 is 0 Å². The van der Waals surface area contributed by atoms with Crippen LogP contribution < -0.4 is 0 Å². The Balaban J connectivity index is 2.37. The molecule has 3 nitrogen and oxygen atoms in total. The first-order valence-electron chi connectivity index (χ1n) is 4.24. The van der Waals surface area contributed by atoms with E-state index in [1.807, 2.05) is 10.9 Å². The van der Waals surface area contributed by atoms with Crippen molar-refractivity contribution in [2.24, 2.45) is 0 Å². The number of hydrogen-bond donors (Lipinski definition) is 0. The number of fused-ring (bicyclic) bond motifs is 1. The van der Waals surface area contributed by atoms with Gasteiger partial charge in [0, 0.05) is 0 Å². The number of aromatic nitrogens is 2. The van der Waals surface area contributed by atoms with Crippen molar-refractivity contribution >= 4 is 0 Å². The first kappa shape index (κ1) is 7.80. The molecule has 0 atom stereocenters. The van der Waals surface area contributed by atoms with E-state index in [-0.39, 0.29) is 5.60 Å². The van der Waals surface area contributed by atoms with Crippen LogP contribution in [0.25, 0.3) is 0 Å². The van der Waals surface area contributed by atoms with Crippen LogP contribution in [0.15, 0.2) is 6.20 Å². The summed E-state index contributed by atoms with van der Waals surface area (Å²) < 4.78 is 7.71. The maximum Gasteiger partial charge on any atom is 0.0895 e. The number of rotatable bonds is 0. The molecule has 0 saturated heterocycles. The van der Waals surface area contributed by atoms with Crippen LogP contribution in [0.1, 0.15) is 25.1 Å². The summed E-state index contributed by atoms with van der Waals surface area (Å²) in [5.74, 6) is 0. The van der Waals surface area contributed by atoms with Crippen LogP contribution in [0.5, 0.6) is 0 Å². The zero-order valence-corrected chi connectivity index (χ0v) is 7.79. The van der Waals surface area contributed by atoms with Crippen LogP contribution in [-0.4, -0.2) is 15.4 Å². The van der Waals surface area contributed by atoms with E-state index in [9.17, 15) is 0 Å². The van der Waals surface area contributed by atoms with E-state index in [1.165, 1.54) is 11.3 Å². The Bertz CT molecular complexity index is 301. The van der Waals surface area contributed by atoms with Crippen LogP contribution in [-0.2, 0) is 17.9 Å². The molecule has 2 heterocycles. The van der Waals surface area contributed by atoms with E-state index in [4.69, 9.17) is 4.74 Å². The average molecular weight is 166 g/mol. The summed E-state index contributed by atoms with van der Waals surface area (Å²) in [6.45, 7) is 7.80. The van der Waals surface area contributed by atoms with Gasteiger partial charge in [0.05, 0.1) is 30.6 Å². The topological polar surface area (TPSA) is 27.1 Å². The Labute approximate surface area is 72.3 Å². The maximum atomic E-state index is 5.67. The Hall–Kier alpha value is -0.830. The van der Waals surface area contributed by atoms with Gasteiger partial charge in [-0.15, -0.1) is 0 Å². The van der Waals surface area contributed by atoms with Crippen LogP contribution in [0.4, 0.5) is 0 Å². The highest BCUT2D eigenvalue weighted by molar-refractivity contribution is 5.16. The lowest BCUT2D eigenvalue weighted by atomic mass is 10.1. The summed E-state index contributed by atoms with van der Waals surface area (Å²) >= 11 is 0. The lowest BCUT2D eigenvalue weighted by Crippen LogP contribution is -2.36. The summed E-state index contributed by atoms with van der Waals surface area (Å²) in [5.41, 5.74) is 2.38. The molecule has 0 fully saturated rings. The second-order valence-corrected chi connectivity index (χ2v) is 3.98. The maximum absolute atomic E-state index is 5.67. The van der Waals surface area contributed by atoms with Crippen molar-refractivity contribution in [2.45, 2.75) is 39.5 Å². The second-order valence-electron chi connectivity index (χ2n) is 3.98. The molecule has 0 bridgehead atoms. The summed E-state index contributed by atoms with van der Waals surface area (Å²) in [6, 6.07) is 0. The van der Waals surface area contributed by atoms with Crippen LogP contribution in [0.2, 0.25) is 0 Å². The van der Waals surface area contributed by atoms with Gasteiger partial charge in [-0.1, -0.05) is 0 Å². The molecule has 66 valence electrons. The number of aryl methyl sites for hydroxylation is 1. The number of nitrogens with zero attached hydrogens (tertiary/aromatic N) is 2. The quantitative estimate of drug-likeness (QED) is 0.584. The zero-order valence-electron chi connectivity index (χ0n) is 7.79. The lowest BCUT2D eigenvalue weighted by Gasteiger charge is -2.31. The molecule has 3 heteroatoms. The molecular formula is C9H14N2O. The average Bonchev–Trinajstić information content (AvgIpc) is 2.30. The largest absolute Gasteiger partial charge is 0.367 e. The van der Waals surface area contributed by atoms with Crippen molar-refractivity contribution in [3.05, 3.63) is 17.5 Å². The van der Waals surface area contributed by atoms with Crippen LogP contribution >= 0.6 is 0 Å². The van der Waals surface area contributed by atoms with Gasteiger partial charge in [0.2, 0.25) is 0 Å². The molecule has 1 aliphatic heterocycles. The van der Waals surface area contributed by atoms with E-state index in [1.54, 1.807) is 0 Å². The third kappa shape index (κ3) is 1.14. The standard InChI is InChI=1S/C9H14N2O/c1-7-4-10-11-6-9(2,3)12-5-8(7)11/h4H,5-6H2,1-3H3. The molecule has 0 amide bonds. The molecule has 1 aliphatic rings. The third-order valence-electron chi connectivity index (χ3n) is 2.29. The monoisotopic (exact) mass is 166 g/mol. The highest BCUT2D eigenvalue weighted by atomic mass is 16.5. The van der Waals surface area contributed by atoms with Gasteiger partial charge in [0.15, 0.2) is 0 Å². The number of ether oxygens (including phenoxy) is 1. The number of hydrogen-bond acceptors (Lipinski definition) is 2. The Morgan fingerprint density at radius 2 is 2.33 bits per heavy atom. The molecule has 0 spiro atoms. The summed E-state index contributed by atoms with van der Waals surface area (Å²) in [5, 5.41) is 4.29. The second kappa shape index (κ2) is 2.33. The van der Waals surface area contributed by atoms with Crippen LogP contribution in [0.3, 0.4) is 0 Å². The van der Waals surface area contributed by atoms with Gasteiger partial charge in [-0.3, -0.25) is 4.68 Å². The van der Waals surface area contributed by atoms with Crippen molar-refractivity contribution in [3.63, 3.8) is 0 Å². The molecule has 0 saturated carbocycles. The predicted octanol–water partition coefficient (Wildman–Crippen LogP) is 1.50. The van der Waals surface area contributed by atoms with Crippen LogP contribution in [0, 0.1) is 6.92 Å². The summed E-state index contributed by atoms with van der Waals surface area (Å²) in [6.07, 6.45) is 1.90. The highest BCUT2D eigenvalue weighted by Gasteiger charge is 2.27. The molecule has 1 aromatic rings. The van der Waals surface area contributed by atoms with Crippen molar-refractivity contribution in [1.82, 2.24) is 9.78 Å². The third-order valence-corrected chi connectivity index (χ3v) is 2.29. The van der Waals surface area contributed by atoms with E-state index in [0.717, 1.165) is 6.54 Å². The first-order chi connectivity index (χ1) is 5.58. The van der Waals surface area contributed by atoms with Gasteiger partial charge in [0.1, 0.15) is 0 Å². The van der Waals surface area contributed by atoms with Crippen molar-refractivity contribution in [2.75, 3.05) is 0 Å². The van der Waals surface area contributed by atoms with Gasteiger partial charge in [0.25, 0.3) is 0 Å². The molecule has 0 unspecified atom stereocenters. The fourth-order valence-corrected chi connectivity index (χ4v) is 1.50. The van der Waals surface area contributed by atoms with Gasteiger partial charge in [-0.25, -0.2) is 0 Å². The van der Waals surface area contributed by atoms with Gasteiger partial charge < -0.3 is 4.74 Å². The SMILES string of the molecule is Cc1cnn2c1COC(C)(C)C2. The lowest BCUT2D eigenvalue weighted by molar-refractivity contribution is -0.0663. The molecule has 0 aliphatic carbocycles. The summed E-state index contributed by atoms with van der Waals surface area (Å²) in [4.78, 5) is 0. The van der Waals surface area contributed by atoms with E-state index >= 15 is 0 Å². The molecule has 2 rings (SSSR count). The minimum Gasteiger partial charge on any atom is -0.367 e. The molecule has 0 N–H and O–H groups in total. The van der Waals surface area contributed by atoms with Crippen molar-refractivity contribution in [1.29, 1.82) is 0 Å². The minimum atomic E-state index is -0.0640. The Kier molecular flexibility index (Phi) is 1.51. The predicted molar refractivity (Wildman–Crippen MR) is 45.8 cm³/mol. The van der Waals surface area contributed by atoms with Crippen molar-refractivity contribution < 1.29 is 4.74 Å². The summed E-state index contributed by atoms with van der Waals surface area (Å²) in [7, 11) is 0.